The highest BCUT2D eigenvalue weighted by molar-refractivity contribution is 6.03. The molecule has 0 saturated carbocycles. The minimum atomic E-state index is -0.903. The smallest absolute Gasteiger partial charge is 0.272 e. The van der Waals surface area contributed by atoms with Crippen LogP contribution in [0.25, 0.3) is 16.8 Å². The number of ether oxygens (including phenoxy) is 1. The Morgan fingerprint density at radius 2 is 1.74 bits per heavy atom. The molecule has 3 aromatic rings. The molecule has 2 aromatic carbocycles. The number of benzene rings is 2. The lowest BCUT2D eigenvalue weighted by Gasteiger charge is -2.13. The number of fused-ring (bicyclic) bond motifs is 1. The fourth-order valence-corrected chi connectivity index (χ4v) is 3.06. The number of H-pyrrole nitrogens is 2. The van der Waals surface area contributed by atoms with E-state index in [-0.39, 0.29) is 16.5 Å². The van der Waals surface area contributed by atoms with Crippen LogP contribution in [-0.2, 0) is 14.4 Å². The number of carbonyl (C=O) groups is 3. The van der Waals surface area contributed by atoms with Crippen LogP contribution in [0.3, 0.4) is 0 Å². The molecule has 0 fully saturated rings. The molecule has 3 amide bonds. The number of carbonyl (C=O) groups excluding carboxylic acids is 3. The Kier molecular flexibility index (Phi) is 7.60. The first-order valence-corrected chi connectivity index (χ1v) is 10.2. The van der Waals surface area contributed by atoms with Crippen molar-refractivity contribution < 1.29 is 19.1 Å². The third-order valence-electron chi connectivity index (χ3n) is 4.82. The SMILES string of the molecule is COc1ccc(/C=C/C(=O)NC(C)C(=O)NCC(=O)Nc2cccc3c(=O)[nH][nH]c(=O)c23)cc1. The Balaban J connectivity index is 1.52. The van der Waals surface area contributed by atoms with E-state index in [4.69, 9.17) is 4.74 Å². The number of aromatic nitrogens is 2. The number of anilines is 1. The van der Waals surface area contributed by atoms with Gasteiger partial charge in [-0.1, -0.05) is 18.2 Å². The first-order chi connectivity index (χ1) is 16.3. The van der Waals surface area contributed by atoms with Crippen LogP contribution in [0.4, 0.5) is 5.69 Å². The molecule has 5 N–H and O–H groups in total. The second-order valence-corrected chi connectivity index (χ2v) is 7.24. The quantitative estimate of drug-likeness (QED) is 0.304. The van der Waals surface area contributed by atoms with Crippen LogP contribution in [0.15, 0.2) is 58.1 Å². The summed E-state index contributed by atoms with van der Waals surface area (Å²) in [7, 11) is 1.56. The molecule has 0 bridgehead atoms. The van der Waals surface area contributed by atoms with Gasteiger partial charge in [-0.3, -0.25) is 34.2 Å². The number of amides is 3. The second kappa shape index (κ2) is 10.8. The molecule has 1 heterocycles. The summed E-state index contributed by atoms with van der Waals surface area (Å²) in [6.45, 7) is 1.07. The number of rotatable bonds is 8. The Labute approximate surface area is 193 Å². The number of nitrogens with one attached hydrogen (secondary N) is 5. The zero-order valence-electron chi connectivity index (χ0n) is 18.4. The van der Waals surface area contributed by atoms with Crippen molar-refractivity contribution in [3.05, 3.63) is 74.8 Å². The Morgan fingerprint density at radius 1 is 1.03 bits per heavy atom. The molecular weight excluding hydrogens is 442 g/mol. The lowest BCUT2D eigenvalue weighted by atomic mass is 10.1. The third kappa shape index (κ3) is 5.97. The minimum Gasteiger partial charge on any atom is -0.497 e. The molecule has 0 saturated heterocycles. The van der Waals surface area contributed by atoms with Crippen molar-refractivity contribution in [2.24, 2.45) is 0 Å². The van der Waals surface area contributed by atoms with Crippen LogP contribution >= 0.6 is 0 Å². The van der Waals surface area contributed by atoms with E-state index < -0.39 is 41.4 Å². The standard InChI is InChI=1S/C23H23N5O6/c1-13(25-18(29)11-8-14-6-9-15(34-2)10-7-14)21(31)24-12-19(30)26-17-5-3-4-16-20(17)23(33)28-27-22(16)32/h3-11,13H,12H2,1-2H3,(H,24,31)(H,25,29)(H,26,30)(H,27,32)(H,28,33)/b11-8+. The van der Waals surface area contributed by atoms with Crippen molar-refractivity contribution in [3.8, 4) is 5.75 Å². The maximum Gasteiger partial charge on any atom is 0.272 e. The van der Waals surface area contributed by atoms with E-state index >= 15 is 0 Å². The van der Waals surface area contributed by atoms with Gasteiger partial charge in [0.25, 0.3) is 11.1 Å². The number of aromatic amines is 2. The Morgan fingerprint density at radius 3 is 2.44 bits per heavy atom. The largest absolute Gasteiger partial charge is 0.497 e. The molecule has 1 aromatic heterocycles. The van der Waals surface area contributed by atoms with Gasteiger partial charge in [0.2, 0.25) is 17.7 Å². The van der Waals surface area contributed by atoms with Gasteiger partial charge in [0.05, 0.1) is 30.1 Å². The second-order valence-electron chi connectivity index (χ2n) is 7.24. The highest BCUT2D eigenvalue weighted by Crippen LogP contribution is 2.16. The van der Waals surface area contributed by atoms with Gasteiger partial charge in [-0.2, -0.15) is 0 Å². The van der Waals surface area contributed by atoms with Crippen LogP contribution in [-0.4, -0.2) is 47.6 Å². The van der Waals surface area contributed by atoms with Crippen molar-refractivity contribution in [2.75, 3.05) is 19.0 Å². The summed E-state index contributed by atoms with van der Waals surface area (Å²) >= 11 is 0. The highest BCUT2D eigenvalue weighted by Gasteiger charge is 2.16. The van der Waals surface area contributed by atoms with Crippen molar-refractivity contribution in [1.82, 2.24) is 20.8 Å². The molecule has 176 valence electrons. The summed E-state index contributed by atoms with van der Waals surface area (Å²) in [5.41, 5.74) is -0.175. The summed E-state index contributed by atoms with van der Waals surface area (Å²) in [6, 6.07) is 10.6. The molecular formula is C23H23N5O6. The molecule has 3 rings (SSSR count). The zero-order valence-corrected chi connectivity index (χ0v) is 18.4. The van der Waals surface area contributed by atoms with Gasteiger partial charge >= 0.3 is 0 Å². The van der Waals surface area contributed by atoms with Crippen molar-refractivity contribution in [3.63, 3.8) is 0 Å². The molecule has 0 aliphatic heterocycles. The van der Waals surface area contributed by atoms with Gasteiger partial charge < -0.3 is 20.7 Å². The molecule has 11 heteroatoms. The normalized spacial score (nSPS) is 11.7. The lowest BCUT2D eigenvalue weighted by Crippen LogP contribution is -2.46. The fourth-order valence-electron chi connectivity index (χ4n) is 3.06. The summed E-state index contributed by atoms with van der Waals surface area (Å²) < 4.78 is 5.07. The van der Waals surface area contributed by atoms with E-state index in [1.807, 2.05) is 0 Å². The highest BCUT2D eigenvalue weighted by atomic mass is 16.5. The fraction of sp³-hybridized carbons (Fsp3) is 0.174. The van der Waals surface area contributed by atoms with E-state index in [0.717, 1.165) is 5.56 Å². The van der Waals surface area contributed by atoms with Crippen LogP contribution in [0.2, 0.25) is 0 Å². The first-order valence-electron chi connectivity index (χ1n) is 10.2. The number of hydrogen-bond acceptors (Lipinski definition) is 6. The average Bonchev–Trinajstić information content (AvgIpc) is 2.83. The molecule has 1 atom stereocenters. The van der Waals surface area contributed by atoms with Gasteiger partial charge in [0.1, 0.15) is 11.8 Å². The maximum absolute atomic E-state index is 12.3. The third-order valence-corrected chi connectivity index (χ3v) is 4.82. The van der Waals surface area contributed by atoms with Crippen LogP contribution < -0.4 is 31.8 Å². The van der Waals surface area contributed by atoms with E-state index in [1.54, 1.807) is 37.5 Å². The molecule has 11 nitrogen and oxygen atoms in total. The van der Waals surface area contributed by atoms with Crippen molar-refractivity contribution in [2.45, 2.75) is 13.0 Å². The lowest BCUT2D eigenvalue weighted by molar-refractivity contribution is -0.127. The van der Waals surface area contributed by atoms with Crippen molar-refractivity contribution in [1.29, 1.82) is 0 Å². The summed E-state index contributed by atoms with van der Waals surface area (Å²) in [6.07, 6.45) is 2.88. The molecule has 0 radical (unpaired) electrons. The zero-order chi connectivity index (χ0) is 24.7. The van der Waals surface area contributed by atoms with Crippen LogP contribution in [0.5, 0.6) is 5.75 Å². The molecule has 1 unspecified atom stereocenters. The predicted molar refractivity (Wildman–Crippen MR) is 126 cm³/mol. The number of hydrogen-bond donors (Lipinski definition) is 5. The van der Waals surface area contributed by atoms with Crippen LogP contribution in [0.1, 0.15) is 12.5 Å². The Hall–Kier alpha value is -4.67. The summed E-state index contributed by atoms with van der Waals surface area (Å²) in [5.74, 6) is -0.980. The Bertz CT molecular complexity index is 1360. The molecule has 34 heavy (non-hydrogen) atoms. The summed E-state index contributed by atoms with van der Waals surface area (Å²) in [4.78, 5) is 60.5. The van der Waals surface area contributed by atoms with Gasteiger partial charge in [-0.05, 0) is 42.8 Å². The van der Waals surface area contributed by atoms with E-state index in [2.05, 4.69) is 26.1 Å². The van der Waals surface area contributed by atoms with Gasteiger partial charge in [-0.15, -0.1) is 0 Å². The minimum absolute atomic E-state index is 0.0233. The van der Waals surface area contributed by atoms with E-state index in [1.165, 1.54) is 31.2 Å². The maximum atomic E-state index is 12.3. The van der Waals surface area contributed by atoms with Gasteiger partial charge in [0.15, 0.2) is 0 Å². The van der Waals surface area contributed by atoms with Gasteiger partial charge in [0, 0.05) is 6.08 Å². The van der Waals surface area contributed by atoms with E-state index in [9.17, 15) is 24.0 Å². The van der Waals surface area contributed by atoms with Crippen LogP contribution in [0, 0.1) is 0 Å². The monoisotopic (exact) mass is 465 g/mol. The predicted octanol–water partition coefficient (Wildman–Crippen LogP) is 0.498. The molecule has 0 spiro atoms. The summed E-state index contributed by atoms with van der Waals surface area (Å²) in [5, 5.41) is 12.0. The molecule has 0 aliphatic rings. The molecule has 0 aliphatic carbocycles. The number of methoxy groups -OCH3 is 1. The average molecular weight is 465 g/mol. The van der Waals surface area contributed by atoms with E-state index in [0.29, 0.717) is 5.75 Å². The first kappa shape index (κ1) is 24.0. The van der Waals surface area contributed by atoms with Crippen molar-refractivity contribution >= 4 is 40.3 Å². The van der Waals surface area contributed by atoms with Gasteiger partial charge in [-0.25, -0.2) is 0 Å². The topological polar surface area (TPSA) is 162 Å².